The van der Waals surface area contributed by atoms with Crippen molar-refractivity contribution in [1.29, 1.82) is 0 Å². The first-order valence-electron chi connectivity index (χ1n) is 6.94. The molecule has 0 saturated carbocycles. The monoisotopic (exact) mass is 284 g/mol. The molecule has 0 aromatic heterocycles. The molecule has 0 spiro atoms. The predicted molar refractivity (Wildman–Crippen MR) is 83.0 cm³/mol. The van der Waals surface area contributed by atoms with Crippen molar-refractivity contribution in [2.45, 2.75) is 26.2 Å². The Morgan fingerprint density at radius 2 is 1.95 bits per heavy atom. The second-order valence-electron chi connectivity index (χ2n) is 5.31. The molecule has 0 heterocycles. The largest absolute Gasteiger partial charge is 0.497 e. The van der Waals surface area contributed by atoms with Crippen LogP contribution in [0.2, 0.25) is 0 Å². The third kappa shape index (κ3) is 3.63. The van der Waals surface area contributed by atoms with Crippen LogP contribution in [0.25, 0.3) is 0 Å². The van der Waals surface area contributed by atoms with E-state index in [1.165, 1.54) is 0 Å². The van der Waals surface area contributed by atoms with E-state index in [2.05, 4.69) is 0 Å². The Balaban J connectivity index is 2.35. The van der Waals surface area contributed by atoms with E-state index in [4.69, 9.17) is 4.74 Å². The number of rotatable bonds is 5. The molecular weight excluding hydrogens is 264 g/mol. The Bertz CT molecular complexity index is 647. The van der Waals surface area contributed by atoms with Gasteiger partial charge in [0.2, 0.25) is 0 Å². The van der Waals surface area contributed by atoms with Gasteiger partial charge in [-0.1, -0.05) is 35.9 Å². The second-order valence-corrected chi connectivity index (χ2v) is 5.31. The zero-order chi connectivity index (χ0) is 15.4. The summed E-state index contributed by atoms with van der Waals surface area (Å²) in [7, 11) is 1.61. The summed E-state index contributed by atoms with van der Waals surface area (Å²) in [5.41, 5.74) is 3.93. The van der Waals surface area contributed by atoms with Crippen LogP contribution in [0.4, 0.5) is 0 Å². The standard InChI is InChI=1S/C18H20O3/c1-12-7-8-13(2)16(9-12)17(18(19)20)11-14-5-4-6-15(10-14)21-3/h4-10,17H,11H2,1-3H3,(H,19,20). The quantitative estimate of drug-likeness (QED) is 0.910. The van der Waals surface area contributed by atoms with Gasteiger partial charge in [0.15, 0.2) is 0 Å². The SMILES string of the molecule is COc1cccc(CC(C(=O)O)c2cc(C)ccc2C)c1. The van der Waals surface area contributed by atoms with Crippen molar-refractivity contribution in [1.82, 2.24) is 0 Å². The number of methoxy groups -OCH3 is 1. The van der Waals surface area contributed by atoms with Crippen LogP contribution in [0.3, 0.4) is 0 Å². The second kappa shape index (κ2) is 6.44. The molecule has 0 radical (unpaired) electrons. The zero-order valence-corrected chi connectivity index (χ0v) is 12.6. The molecule has 2 aromatic rings. The number of aliphatic carboxylic acids is 1. The number of hydrogen-bond acceptors (Lipinski definition) is 2. The fraction of sp³-hybridized carbons (Fsp3) is 0.278. The minimum atomic E-state index is -0.800. The third-order valence-corrected chi connectivity index (χ3v) is 3.68. The van der Waals surface area contributed by atoms with Crippen LogP contribution in [-0.2, 0) is 11.2 Å². The summed E-state index contributed by atoms with van der Waals surface area (Å²) in [5, 5.41) is 9.60. The summed E-state index contributed by atoms with van der Waals surface area (Å²) in [4.78, 5) is 11.7. The Hall–Kier alpha value is -2.29. The summed E-state index contributed by atoms with van der Waals surface area (Å²) in [5.74, 6) is -0.596. The topological polar surface area (TPSA) is 46.5 Å². The Morgan fingerprint density at radius 1 is 1.19 bits per heavy atom. The summed E-state index contributed by atoms with van der Waals surface area (Å²) in [6, 6.07) is 13.5. The van der Waals surface area contributed by atoms with Gasteiger partial charge in [-0.25, -0.2) is 0 Å². The van der Waals surface area contributed by atoms with Crippen molar-refractivity contribution in [3.63, 3.8) is 0 Å². The van der Waals surface area contributed by atoms with Crippen LogP contribution in [0.15, 0.2) is 42.5 Å². The highest BCUT2D eigenvalue weighted by Gasteiger charge is 2.22. The summed E-state index contributed by atoms with van der Waals surface area (Å²) >= 11 is 0. The average Bonchev–Trinajstić information content (AvgIpc) is 2.47. The van der Waals surface area contributed by atoms with Gasteiger partial charge in [0.1, 0.15) is 5.75 Å². The first-order valence-corrected chi connectivity index (χ1v) is 6.94. The predicted octanol–water partition coefficient (Wildman–Crippen LogP) is 3.72. The van der Waals surface area contributed by atoms with E-state index in [1.807, 2.05) is 56.3 Å². The van der Waals surface area contributed by atoms with E-state index in [0.29, 0.717) is 6.42 Å². The van der Waals surface area contributed by atoms with Crippen molar-refractivity contribution in [3.05, 3.63) is 64.7 Å². The Morgan fingerprint density at radius 3 is 2.62 bits per heavy atom. The van der Waals surface area contributed by atoms with E-state index >= 15 is 0 Å². The van der Waals surface area contributed by atoms with Crippen LogP contribution < -0.4 is 4.74 Å². The number of aryl methyl sites for hydroxylation is 2. The highest BCUT2D eigenvalue weighted by atomic mass is 16.5. The van der Waals surface area contributed by atoms with Gasteiger partial charge < -0.3 is 9.84 Å². The average molecular weight is 284 g/mol. The van der Waals surface area contributed by atoms with Gasteiger partial charge in [0.25, 0.3) is 0 Å². The fourth-order valence-electron chi connectivity index (χ4n) is 2.50. The van der Waals surface area contributed by atoms with Crippen molar-refractivity contribution in [2.24, 2.45) is 0 Å². The van der Waals surface area contributed by atoms with Gasteiger partial charge in [-0.2, -0.15) is 0 Å². The first-order chi connectivity index (χ1) is 10.0. The molecule has 0 aliphatic carbocycles. The van der Waals surface area contributed by atoms with Gasteiger partial charge in [-0.3, -0.25) is 4.79 Å². The smallest absolute Gasteiger partial charge is 0.311 e. The Kier molecular flexibility index (Phi) is 4.63. The highest BCUT2D eigenvalue weighted by Crippen LogP contribution is 2.26. The van der Waals surface area contributed by atoms with E-state index in [9.17, 15) is 9.90 Å². The van der Waals surface area contributed by atoms with Crippen LogP contribution in [0, 0.1) is 13.8 Å². The number of carboxylic acid groups (broad SMARTS) is 1. The number of ether oxygens (including phenoxy) is 1. The third-order valence-electron chi connectivity index (χ3n) is 3.68. The number of hydrogen-bond donors (Lipinski definition) is 1. The van der Waals surface area contributed by atoms with E-state index in [1.54, 1.807) is 7.11 Å². The lowest BCUT2D eigenvalue weighted by Gasteiger charge is -2.16. The van der Waals surface area contributed by atoms with Crippen molar-refractivity contribution in [2.75, 3.05) is 7.11 Å². The number of benzene rings is 2. The maximum absolute atomic E-state index is 11.7. The fourth-order valence-corrected chi connectivity index (χ4v) is 2.50. The van der Waals surface area contributed by atoms with Crippen LogP contribution in [0.1, 0.15) is 28.2 Å². The van der Waals surface area contributed by atoms with Crippen LogP contribution >= 0.6 is 0 Å². The van der Waals surface area contributed by atoms with Gasteiger partial charge in [-0.15, -0.1) is 0 Å². The molecule has 0 bridgehead atoms. The lowest BCUT2D eigenvalue weighted by Crippen LogP contribution is -2.16. The van der Waals surface area contributed by atoms with Crippen LogP contribution in [-0.4, -0.2) is 18.2 Å². The molecular formula is C18H20O3. The lowest BCUT2D eigenvalue weighted by atomic mass is 9.88. The summed E-state index contributed by atoms with van der Waals surface area (Å²) in [6.45, 7) is 3.93. The Labute approximate surface area is 125 Å². The highest BCUT2D eigenvalue weighted by molar-refractivity contribution is 5.77. The van der Waals surface area contributed by atoms with E-state index < -0.39 is 11.9 Å². The molecule has 0 saturated heterocycles. The van der Waals surface area contributed by atoms with Gasteiger partial charge in [-0.05, 0) is 49.1 Å². The summed E-state index contributed by atoms with van der Waals surface area (Å²) in [6.07, 6.45) is 0.455. The molecule has 21 heavy (non-hydrogen) atoms. The number of carboxylic acids is 1. The van der Waals surface area contributed by atoms with Crippen molar-refractivity contribution >= 4 is 5.97 Å². The molecule has 0 amide bonds. The minimum absolute atomic E-state index is 0.455. The molecule has 110 valence electrons. The van der Waals surface area contributed by atoms with E-state index in [-0.39, 0.29) is 0 Å². The molecule has 3 heteroatoms. The molecule has 0 aliphatic rings. The van der Waals surface area contributed by atoms with Crippen molar-refractivity contribution < 1.29 is 14.6 Å². The molecule has 2 aromatic carbocycles. The maximum Gasteiger partial charge on any atom is 0.311 e. The van der Waals surface area contributed by atoms with Gasteiger partial charge in [0.05, 0.1) is 13.0 Å². The van der Waals surface area contributed by atoms with Crippen LogP contribution in [0.5, 0.6) is 5.75 Å². The zero-order valence-electron chi connectivity index (χ0n) is 12.6. The molecule has 0 aliphatic heterocycles. The first kappa shape index (κ1) is 15.1. The molecule has 1 atom stereocenters. The van der Waals surface area contributed by atoms with E-state index in [0.717, 1.165) is 28.0 Å². The minimum Gasteiger partial charge on any atom is -0.497 e. The normalized spacial score (nSPS) is 12.0. The summed E-state index contributed by atoms with van der Waals surface area (Å²) < 4.78 is 5.20. The molecule has 3 nitrogen and oxygen atoms in total. The maximum atomic E-state index is 11.7. The molecule has 2 rings (SSSR count). The van der Waals surface area contributed by atoms with Crippen molar-refractivity contribution in [3.8, 4) is 5.75 Å². The number of carbonyl (C=O) groups is 1. The molecule has 0 fully saturated rings. The van der Waals surface area contributed by atoms with Gasteiger partial charge >= 0.3 is 5.97 Å². The molecule has 1 N–H and O–H groups in total. The van der Waals surface area contributed by atoms with Gasteiger partial charge in [0, 0.05) is 0 Å². The molecule has 1 unspecified atom stereocenters. The lowest BCUT2D eigenvalue weighted by molar-refractivity contribution is -0.138.